The Morgan fingerprint density at radius 3 is 2.81 bits per heavy atom. The summed E-state index contributed by atoms with van der Waals surface area (Å²) in [5.74, 6) is 1.81. The van der Waals surface area contributed by atoms with Crippen LogP contribution in [0.5, 0.6) is 5.75 Å². The fourth-order valence-corrected chi connectivity index (χ4v) is 1.92. The van der Waals surface area contributed by atoms with Gasteiger partial charge < -0.3 is 15.4 Å². The van der Waals surface area contributed by atoms with Crippen molar-refractivity contribution < 1.29 is 4.74 Å². The molecule has 5 heteroatoms. The summed E-state index contributed by atoms with van der Waals surface area (Å²) in [5, 5.41) is 6.67. The van der Waals surface area contributed by atoms with Crippen LogP contribution >= 0.6 is 24.0 Å². The number of guanidine groups is 1. The van der Waals surface area contributed by atoms with Gasteiger partial charge in [0.1, 0.15) is 11.9 Å². The Labute approximate surface area is 144 Å². The molecule has 0 amide bonds. The first-order chi connectivity index (χ1) is 9.67. The molecule has 0 aliphatic heterocycles. The lowest BCUT2D eigenvalue weighted by Crippen LogP contribution is -2.39. The summed E-state index contributed by atoms with van der Waals surface area (Å²) >= 11 is 0. The maximum atomic E-state index is 5.88. The highest BCUT2D eigenvalue weighted by Crippen LogP contribution is 2.18. The predicted octanol–water partition coefficient (Wildman–Crippen LogP) is 3.10. The summed E-state index contributed by atoms with van der Waals surface area (Å²) in [6.07, 6.45) is 2.56. The highest BCUT2D eigenvalue weighted by Gasteiger charge is 2.22. The minimum atomic E-state index is 0. The number of aliphatic imine (C=N–C) groups is 1. The van der Waals surface area contributed by atoms with Crippen LogP contribution in [0.2, 0.25) is 0 Å². The first-order valence-electron chi connectivity index (χ1n) is 7.45. The van der Waals surface area contributed by atoms with Crippen LogP contribution < -0.4 is 15.4 Å². The van der Waals surface area contributed by atoms with Crippen molar-refractivity contribution in [3.63, 3.8) is 0 Å². The number of aryl methyl sites for hydroxylation is 1. The standard InChI is InChI=1S/C16H25N3O.HI/c1-4-17-16(19-14-8-9-14)18-11-13(3)20-15-7-5-6-12(2)10-15;/h5-7,10,13-14H,4,8-9,11H2,1-3H3,(H2,17,18,19);1H. The Morgan fingerprint density at radius 2 is 2.19 bits per heavy atom. The van der Waals surface area contributed by atoms with Gasteiger partial charge in [-0.25, -0.2) is 4.99 Å². The molecule has 1 atom stereocenters. The van der Waals surface area contributed by atoms with Gasteiger partial charge in [-0.15, -0.1) is 24.0 Å². The van der Waals surface area contributed by atoms with Gasteiger partial charge in [0, 0.05) is 12.6 Å². The lowest BCUT2D eigenvalue weighted by molar-refractivity contribution is 0.230. The van der Waals surface area contributed by atoms with E-state index in [1.165, 1.54) is 18.4 Å². The van der Waals surface area contributed by atoms with Gasteiger partial charge in [-0.2, -0.15) is 0 Å². The van der Waals surface area contributed by atoms with Gasteiger partial charge in [0.05, 0.1) is 6.54 Å². The number of nitrogens with zero attached hydrogens (tertiary/aromatic N) is 1. The minimum Gasteiger partial charge on any atom is -0.489 e. The van der Waals surface area contributed by atoms with Gasteiger partial charge in [0.15, 0.2) is 5.96 Å². The van der Waals surface area contributed by atoms with Gasteiger partial charge in [-0.05, 0) is 51.3 Å². The first kappa shape index (κ1) is 18.1. The molecule has 0 aromatic heterocycles. The molecule has 1 unspecified atom stereocenters. The molecule has 1 aliphatic carbocycles. The average Bonchev–Trinajstić information content (AvgIpc) is 3.20. The van der Waals surface area contributed by atoms with E-state index >= 15 is 0 Å². The molecular formula is C16H26IN3O. The van der Waals surface area contributed by atoms with E-state index in [9.17, 15) is 0 Å². The Bertz CT molecular complexity index is 461. The minimum absolute atomic E-state index is 0. The predicted molar refractivity (Wildman–Crippen MR) is 98.8 cm³/mol. The molecular weight excluding hydrogens is 377 g/mol. The Kier molecular flexibility index (Phi) is 7.85. The molecule has 0 radical (unpaired) electrons. The number of halogens is 1. The van der Waals surface area contributed by atoms with E-state index in [1.54, 1.807) is 0 Å². The first-order valence-corrected chi connectivity index (χ1v) is 7.45. The second kappa shape index (κ2) is 9.12. The SMILES string of the molecule is CCNC(=NCC(C)Oc1cccc(C)c1)NC1CC1.I. The third kappa shape index (κ3) is 7.02. The maximum Gasteiger partial charge on any atom is 0.191 e. The van der Waals surface area contributed by atoms with Crippen LogP contribution in [0, 0.1) is 6.92 Å². The van der Waals surface area contributed by atoms with E-state index in [0.717, 1.165) is 18.3 Å². The number of nitrogens with one attached hydrogen (secondary N) is 2. The molecule has 1 aromatic rings. The summed E-state index contributed by atoms with van der Waals surface area (Å²) in [4.78, 5) is 4.58. The Balaban J connectivity index is 0.00000220. The van der Waals surface area contributed by atoms with Crippen molar-refractivity contribution in [2.75, 3.05) is 13.1 Å². The van der Waals surface area contributed by atoms with Crippen LogP contribution in [0.1, 0.15) is 32.3 Å². The lowest BCUT2D eigenvalue weighted by atomic mass is 10.2. The molecule has 0 spiro atoms. The topological polar surface area (TPSA) is 45.7 Å². The van der Waals surface area contributed by atoms with E-state index in [1.807, 2.05) is 25.1 Å². The van der Waals surface area contributed by atoms with Crippen molar-refractivity contribution in [2.24, 2.45) is 4.99 Å². The molecule has 0 heterocycles. The van der Waals surface area contributed by atoms with Crippen molar-refractivity contribution in [3.8, 4) is 5.75 Å². The quantitative estimate of drug-likeness (QED) is 0.436. The summed E-state index contributed by atoms with van der Waals surface area (Å²) in [6, 6.07) is 8.73. The van der Waals surface area contributed by atoms with Crippen molar-refractivity contribution in [3.05, 3.63) is 29.8 Å². The van der Waals surface area contributed by atoms with Crippen LogP contribution in [0.15, 0.2) is 29.3 Å². The largest absolute Gasteiger partial charge is 0.489 e. The zero-order chi connectivity index (χ0) is 14.4. The summed E-state index contributed by atoms with van der Waals surface area (Å²) < 4.78 is 5.88. The third-order valence-corrected chi connectivity index (χ3v) is 3.10. The molecule has 1 aliphatic rings. The fourth-order valence-electron chi connectivity index (χ4n) is 1.92. The van der Waals surface area contributed by atoms with Crippen molar-refractivity contribution in [1.82, 2.24) is 10.6 Å². The molecule has 0 saturated heterocycles. The molecule has 1 aromatic carbocycles. The number of hydrogen-bond acceptors (Lipinski definition) is 2. The molecule has 0 bridgehead atoms. The van der Waals surface area contributed by atoms with Crippen LogP contribution in [0.3, 0.4) is 0 Å². The zero-order valence-corrected chi connectivity index (χ0v) is 15.4. The summed E-state index contributed by atoms with van der Waals surface area (Å²) in [5.41, 5.74) is 1.21. The average molecular weight is 403 g/mol. The van der Waals surface area contributed by atoms with Crippen molar-refractivity contribution in [2.45, 2.75) is 45.8 Å². The van der Waals surface area contributed by atoms with Crippen LogP contribution in [-0.4, -0.2) is 31.2 Å². The maximum absolute atomic E-state index is 5.88. The van der Waals surface area contributed by atoms with Gasteiger partial charge in [-0.3, -0.25) is 0 Å². The summed E-state index contributed by atoms with van der Waals surface area (Å²) in [7, 11) is 0. The Hall–Kier alpha value is -0.980. The van der Waals surface area contributed by atoms with Gasteiger partial charge in [0.2, 0.25) is 0 Å². The summed E-state index contributed by atoms with van der Waals surface area (Å²) in [6.45, 7) is 7.73. The van der Waals surface area contributed by atoms with E-state index in [-0.39, 0.29) is 30.1 Å². The van der Waals surface area contributed by atoms with Crippen LogP contribution in [0.4, 0.5) is 0 Å². The molecule has 1 saturated carbocycles. The van der Waals surface area contributed by atoms with Crippen LogP contribution in [0.25, 0.3) is 0 Å². The van der Waals surface area contributed by atoms with Crippen LogP contribution in [-0.2, 0) is 0 Å². The lowest BCUT2D eigenvalue weighted by Gasteiger charge is -2.15. The third-order valence-electron chi connectivity index (χ3n) is 3.10. The van der Waals surface area contributed by atoms with Gasteiger partial charge in [-0.1, -0.05) is 12.1 Å². The molecule has 21 heavy (non-hydrogen) atoms. The molecule has 118 valence electrons. The van der Waals surface area contributed by atoms with E-state index in [0.29, 0.717) is 12.6 Å². The monoisotopic (exact) mass is 403 g/mol. The molecule has 4 nitrogen and oxygen atoms in total. The molecule has 1 fully saturated rings. The number of hydrogen-bond donors (Lipinski definition) is 2. The zero-order valence-electron chi connectivity index (χ0n) is 13.1. The number of ether oxygens (including phenoxy) is 1. The molecule has 2 rings (SSSR count). The second-order valence-electron chi connectivity index (χ2n) is 5.38. The van der Waals surface area contributed by atoms with Crippen molar-refractivity contribution >= 4 is 29.9 Å². The molecule has 2 N–H and O–H groups in total. The second-order valence-corrected chi connectivity index (χ2v) is 5.38. The number of benzene rings is 1. The normalized spacial score (nSPS) is 15.9. The van der Waals surface area contributed by atoms with E-state index < -0.39 is 0 Å². The van der Waals surface area contributed by atoms with E-state index in [4.69, 9.17) is 4.74 Å². The van der Waals surface area contributed by atoms with Crippen molar-refractivity contribution in [1.29, 1.82) is 0 Å². The van der Waals surface area contributed by atoms with Gasteiger partial charge >= 0.3 is 0 Å². The number of rotatable bonds is 6. The highest BCUT2D eigenvalue weighted by atomic mass is 127. The Morgan fingerprint density at radius 1 is 1.43 bits per heavy atom. The fraction of sp³-hybridized carbons (Fsp3) is 0.562. The smallest absolute Gasteiger partial charge is 0.191 e. The highest BCUT2D eigenvalue weighted by molar-refractivity contribution is 14.0. The van der Waals surface area contributed by atoms with Gasteiger partial charge in [0.25, 0.3) is 0 Å². The van der Waals surface area contributed by atoms with E-state index in [2.05, 4.69) is 35.5 Å².